The molecule has 0 bridgehead atoms. The normalized spacial score (nSPS) is 11.2. The van der Waals surface area contributed by atoms with Crippen molar-refractivity contribution >= 4 is 29.9 Å². The van der Waals surface area contributed by atoms with Gasteiger partial charge < -0.3 is 10.5 Å². The number of primary amides is 1. The number of nitrogens with two attached hydrogens (primary N) is 1. The van der Waals surface area contributed by atoms with Crippen molar-refractivity contribution < 1.29 is 27.5 Å². The molecule has 1 amide bonds. The standard InChI is InChI=1S/C18H15F3N4O3.ClH/c1-10(26)28-14-8-12(17-23-9-24-25(17)15(14)16(22)27)7-6-11-4-2-3-5-13(11)18(19,20)21;/h2-5,8-9H,6-7H2,1H3,(H2,22,27);1H. The van der Waals surface area contributed by atoms with Crippen molar-refractivity contribution in [2.45, 2.75) is 25.9 Å². The molecule has 0 aliphatic rings. The number of hydrogen-bond acceptors (Lipinski definition) is 5. The van der Waals surface area contributed by atoms with Gasteiger partial charge in [-0.25, -0.2) is 9.50 Å². The van der Waals surface area contributed by atoms with Gasteiger partial charge in [0.1, 0.15) is 6.33 Å². The van der Waals surface area contributed by atoms with Gasteiger partial charge in [-0.05, 0) is 30.5 Å². The first-order chi connectivity index (χ1) is 13.2. The third-order valence-electron chi connectivity index (χ3n) is 4.06. The number of esters is 1. The summed E-state index contributed by atoms with van der Waals surface area (Å²) >= 11 is 0. The van der Waals surface area contributed by atoms with Crippen LogP contribution in [0.4, 0.5) is 13.2 Å². The summed E-state index contributed by atoms with van der Waals surface area (Å²) in [6.45, 7) is 1.15. The van der Waals surface area contributed by atoms with Crippen LogP contribution in [0.25, 0.3) is 5.65 Å². The van der Waals surface area contributed by atoms with Crippen molar-refractivity contribution in [1.82, 2.24) is 14.6 Å². The minimum Gasteiger partial charge on any atom is -0.424 e. The van der Waals surface area contributed by atoms with Crippen molar-refractivity contribution in [3.63, 3.8) is 0 Å². The summed E-state index contributed by atoms with van der Waals surface area (Å²) in [4.78, 5) is 27.2. The Morgan fingerprint density at radius 2 is 1.83 bits per heavy atom. The van der Waals surface area contributed by atoms with E-state index in [-0.39, 0.29) is 47.9 Å². The monoisotopic (exact) mass is 428 g/mol. The average Bonchev–Trinajstić information content (AvgIpc) is 3.07. The van der Waals surface area contributed by atoms with E-state index in [1.54, 1.807) is 0 Å². The first kappa shape index (κ1) is 22.2. The van der Waals surface area contributed by atoms with E-state index >= 15 is 0 Å². The lowest BCUT2D eigenvalue weighted by Crippen LogP contribution is -2.20. The van der Waals surface area contributed by atoms with E-state index in [1.165, 1.54) is 30.6 Å². The summed E-state index contributed by atoms with van der Waals surface area (Å²) in [5.41, 5.74) is 5.27. The Balaban J connectivity index is 0.00000300. The van der Waals surface area contributed by atoms with Gasteiger partial charge in [0.25, 0.3) is 5.91 Å². The molecule has 1 aromatic carbocycles. The third-order valence-corrected chi connectivity index (χ3v) is 4.06. The van der Waals surface area contributed by atoms with E-state index in [0.29, 0.717) is 5.56 Å². The summed E-state index contributed by atoms with van der Waals surface area (Å²) in [7, 11) is 0. The Morgan fingerprint density at radius 1 is 1.17 bits per heavy atom. The van der Waals surface area contributed by atoms with Gasteiger partial charge in [0, 0.05) is 12.5 Å². The molecule has 2 heterocycles. The number of carbonyl (C=O) groups is 2. The number of aromatic nitrogens is 3. The van der Waals surface area contributed by atoms with Crippen LogP contribution >= 0.6 is 12.4 Å². The number of hydrogen-bond donors (Lipinski definition) is 1. The molecule has 0 saturated carbocycles. The lowest BCUT2D eigenvalue weighted by atomic mass is 9.99. The molecule has 154 valence electrons. The maximum absolute atomic E-state index is 13.2. The highest BCUT2D eigenvalue weighted by molar-refractivity contribution is 5.95. The average molecular weight is 429 g/mol. The lowest BCUT2D eigenvalue weighted by Gasteiger charge is -2.14. The predicted molar refractivity (Wildman–Crippen MR) is 98.9 cm³/mol. The molecule has 11 heteroatoms. The van der Waals surface area contributed by atoms with Crippen LogP contribution in [0.1, 0.15) is 34.1 Å². The van der Waals surface area contributed by atoms with Crippen LogP contribution in [-0.2, 0) is 23.8 Å². The second-order valence-electron chi connectivity index (χ2n) is 5.99. The van der Waals surface area contributed by atoms with Gasteiger partial charge >= 0.3 is 12.1 Å². The van der Waals surface area contributed by atoms with Crippen LogP contribution in [0.2, 0.25) is 0 Å². The van der Waals surface area contributed by atoms with Gasteiger partial charge in [-0.1, -0.05) is 18.2 Å². The van der Waals surface area contributed by atoms with E-state index < -0.39 is 23.6 Å². The number of amides is 1. The molecule has 0 aliphatic carbocycles. The molecule has 0 fully saturated rings. The fraction of sp³-hybridized carbons (Fsp3) is 0.222. The first-order valence-corrected chi connectivity index (χ1v) is 8.17. The number of halogens is 4. The number of benzene rings is 1. The zero-order valence-corrected chi connectivity index (χ0v) is 15.9. The summed E-state index contributed by atoms with van der Waals surface area (Å²) in [6.07, 6.45) is -3.11. The minimum atomic E-state index is -4.47. The first-order valence-electron chi connectivity index (χ1n) is 8.17. The summed E-state index contributed by atoms with van der Waals surface area (Å²) in [5, 5.41) is 3.91. The quantitative estimate of drug-likeness (QED) is 0.630. The molecule has 0 unspecified atom stereocenters. The highest BCUT2D eigenvalue weighted by Crippen LogP contribution is 2.33. The highest BCUT2D eigenvalue weighted by atomic mass is 35.5. The fourth-order valence-corrected chi connectivity index (χ4v) is 2.95. The van der Waals surface area contributed by atoms with E-state index in [2.05, 4.69) is 10.1 Å². The van der Waals surface area contributed by atoms with Gasteiger partial charge in [0.05, 0.1) is 5.56 Å². The summed E-state index contributed by atoms with van der Waals surface area (Å²) in [6, 6.07) is 6.64. The smallest absolute Gasteiger partial charge is 0.416 e. The number of carbonyl (C=O) groups excluding carboxylic acids is 2. The largest absolute Gasteiger partial charge is 0.424 e. The van der Waals surface area contributed by atoms with E-state index in [0.717, 1.165) is 17.5 Å². The minimum absolute atomic E-state index is 0. The SMILES string of the molecule is CC(=O)Oc1cc(CCc2ccccc2C(F)(F)F)c2ncnn2c1C(N)=O.Cl. The molecule has 2 N–H and O–H groups in total. The van der Waals surface area contributed by atoms with E-state index in [4.69, 9.17) is 10.5 Å². The van der Waals surface area contributed by atoms with E-state index in [9.17, 15) is 22.8 Å². The van der Waals surface area contributed by atoms with Crippen molar-refractivity contribution in [2.24, 2.45) is 5.73 Å². The van der Waals surface area contributed by atoms with Crippen LogP contribution in [0, 0.1) is 0 Å². The van der Waals surface area contributed by atoms with Crippen molar-refractivity contribution in [1.29, 1.82) is 0 Å². The molecule has 0 atom stereocenters. The fourth-order valence-electron chi connectivity index (χ4n) is 2.95. The van der Waals surface area contributed by atoms with Gasteiger partial charge in [0.2, 0.25) is 0 Å². The molecular weight excluding hydrogens is 413 g/mol. The zero-order valence-electron chi connectivity index (χ0n) is 15.1. The number of pyridine rings is 1. The van der Waals surface area contributed by atoms with Crippen LogP contribution in [-0.4, -0.2) is 26.5 Å². The Bertz CT molecular complexity index is 1070. The maximum atomic E-state index is 13.2. The second kappa shape index (κ2) is 8.48. The Kier molecular flexibility index (Phi) is 6.48. The number of aryl methyl sites for hydroxylation is 2. The van der Waals surface area contributed by atoms with Crippen LogP contribution in [0.5, 0.6) is 5.75 Å². The van der Waals surface area contributed by atoms with Crippen molar-refractivity contribution in [3.05, 3.63) is 59.0 Å². The van der Waals surface area contributed by atoms with Crippen molar-refractivity contribution in [2.75, 3.05) is 0 Å². The molecule has 0 radical (unpaired) electrons. The lowest BCUT2D eigenvalue weighted by molar-refractivity contribution is -0.138. The number of alkyl halides is 3. The summed E-state index contributed by atoms with van der Waals surface area (Å²) in [5.74, 6) is -1.70. The maximum Gasteiger partial charge on any atom is 0.416 e. The van der Waals surface area contributed by atoms with Gasteiger partial charge in [-0.2, -0.15) is 18.3 Å². The highest BCUT2D eigenvalue weighted by Gasteiger charge is 2.32. The van der Waals surface area contributed by atoms with Gasteiger partial charge in [-0.15, -0.1) is 12.4 Å². The third kappa shape index (κ3) is 4.65. The summed E-state index contributed by atoms with van der Waals surface area (Å²) < 4.78 is 45.7. The molecule has 0 aliphatic heterocycles. The van der Waals surface area contributed by atoms with Crippen LogP contribution < -0.4 is 10.5 Å². The molecule has 3 rings (SSSR count). The topological polar surface area (TPSA) is 99.6 Å². The Labute approximate surface area is 169 Å². The number of nitrogens with zero attached hydrogens (tertiary/aromatic N) is 3. The molecule has 3 aromatic rings. The zero-order chi connectivity index (χ0) is 20.5. The number of rotatable bonds is 5. The molecule has 0 saturated heterocycles. The predicted octanol–water partition coefficient (Wildman–Crippen LogP) is 2.98. The van der Waals surface area contributed by atoms with Crippen LogP contribution in [0.3, 0.4) is 0 Å². The van der Waals surface area contributed by atoms with Crippen molar-refractivity contribution in [3.8, 4) is 5.75 Å². The number of fused-ring (bicyclic) bond motifs is 1. The molecule has 29 heavy (non-hydrogen) atoms. The molecule has 2 aromatic heterocycles. The van der Waals surface area contributed by atoms with Gasteiger partial charge in [-0.3, -0.25) is 9.59 Å². The Morgan fingerprint density at radius 3 is 2.45 bits per heavy atom. The van der Waals surface area contributed by atoms with E-state index in [1.807, 2.05) is 0 Å². The molecule has 0 spiro atoms. The Hall–Kier alpha value is -3.14. The molecular formula is C18H16ClF3N4O3. The van der Waals surface area contributed by atoms with Crippen LogP contribution in [0.15, 0.2) is 36.7 Å². The second-order valence-corrected chi connectivity index (χ2v) is 5.99. The molecule has 7 nitrogen and oxygen atoms in total. The van der Waals surface area contributed by atoms with Gasteiger partial charge in [0.15, 0.2) is 17.1 Å². The number of ether oxygens (including phenoxy) is 1.